The molecule has 39 heavy (non-hydrogen) atoms. The lowest BCUT2D eigenvalue weighted by Gasteiger charge is -2.35. The van der Waals surface area contributed by atoms with Gasteiger partial charge in [0.15, 0.2) is 0 Å². The molecule has 0 unspecified atom stereocenters. The average Bonchev–Trinajstić information content (AvgIpc) is 3.42. The number of alkyl halides is 3. The number of benzene rings is 2. The fourth-order valence-electron chi connectivity index (χ4n) is 5.02. The van der Waals surface area contributed by atoms with Crippen LogP contribution in [-0.2, 0) is 22.3 Å². The number of anilines is 1. The van der Waals surface area contributed by atoms with Gasteiger partial charge in [-0.3, -0.25) is 9.59 Å². The van der Waals surface area contributed by atoms with Crippen LogP contribution in [0.1, 0.15) is 36.8 Å². The molecule has 2 N–H and O–H groups in total. The number of hydrogen-bond donors (Lipinski definition) is 2. The molecule has 210 valence electrons. The Hall–Kier alpha value is -3.47. The van der Waals surface area contributed by atoms with Crippen molar-refractivity contribution in [3.63, 3.8) is 0 Å². The monoisotopic (exact) mass is 566 g/mol. The van der Waals surface area contributed by atoms with Crippen LogP contribution in [0.15, 0.2) is 42.5 Å². The van der Waals surface area contributed by atoms with Gasteiger partial charge in [0.1, 0.15) is 11.8 Å². The Bertz CT molecular complexity index is 1220. The van der Waals surface area contributed by atoms with E-state index in [1.165, 1.54) is 11.0 Å². The Morgan fingerprint density at radius 3 is 2.46 bits per heavy atom. The second-order valence-electron chi connectivity index (χ2n) is 9.61. The number of ether oxygens (including phenoxy) is 1. The molecule has 12 heteroatoms. The maximum atomic E-state index is 13.4. The van der Waals surface area contributed by atoms with E-state index in [9.17, 15) is 27.6 Å². The molecule has 1 atom stereocenters. The molecule has 0 radical (unpaired) electrons. The van der Waals surface area contributed by atoms with E-state index in [0.29, 0.717) is 51.1 Å². The first kappa shape index (κ1) is 28.5. The molecule has 8 nitrogen and oxygen atoms in total. The Kier molecular flexibility index (Phi) is 8.89. The van der Waals surface area contributed by atoms with Crippen molar-refractivity contribution in [1.82, 2.24) is 15.1 Å². The summed E-state index contributed by atoms with van der Waals surface area (Å²) in [6.45, 7) is 1.30. The van der Waals surface area contributed by atoms with Crippen LogP contribution in [0.25, 0.3) is 0 Å². The number of piperidine rings is 1. The van der Waals surface area contributed by atoms with E-state index in [4.69, 9.17) is 16.3 Å². The van der Waals surface area contributed by atoms with Crippen molar-refractivity contribution in [2.45, 2.75) is 44.4 Å². The first-order chi connectivity index (χ1) is 18.6. The van der Waals surface area contributed by atoms with Crippen LogP contribution in [0.3, 0.4) is 0 Å². The zero-order chi connectivity index (χ0) is 28.2. The fraction of sp³-hybridized carbons (Fsp3) is 0.444. The molecule has 4 rings (SSSR count). The SMILES string of the molecule is COc1cccc(CNC(=O)C2CCN(C(=O)[C@@H]3CCCN3C(=O)Nc3c(Cl)cccc3C(F)(F)F)CC2)c1. The van der Waals surface area contributed by atoms with E-state index >= 15 is 0 Å². The topological polar surface area (TPSA) is 91.0 Å². The molecule has 2 aliphatic rings. The summed E-state index contributed by atoms with van der Waals surface area (Å²) >= 11 is 5.97. The maximum absolute atomic E-state index is 13.4. The Morgan fingerprint density at radius 2 is 1.77 bits per heavy atom. The first-order valence-electron chi connectivity index (χ1n) is 12.7. The summed E-state index contributed by atoms with van der Waals surface area (Å²) in [6.07, 6.45) is -2.81. The van der Waals surface area contributed by atoms with Gasteiger partial charge in [0, 0.05) is 32.1 Å². The number of methoxy groups -OCH3 is 1. The second-order valence-corrected chi connectivity index (χ2v) is 10.0. The van der Waals surface area contributed by atoms with Crippen molar-refractivity contribution < 1.29 is 32.3 Å². The largest absolute Gasteiger partial charge is 0.497 e. The molecule has 2 aliphatic heterocycles. The second kappa shape index (κ2) is 12.1. The molecule has 4 amide bonds. The third-order valence-electron chi connectivity index (χ3n) is 7.13. The van der Waals surface area contributed by atoms with Gasteiger partial charge in [-0.2, -0.15) is 13.2 Å². The summed E-state index contributed by atoms with van der Waals surface area (Å²) in [5.74, 6) is 0.0969. The van der Waals surface area contributed by atoms with E-state index in [-0.39, 0.29) is 29.3 Å². The molecule has 2 aromatic carbocycles. The molecular weight excluding hydrogens is 537 g/mol. The minimum Gasteiger partial charge on any atom is -0.497 e. The Morgan fingerprint density at radius 1 is 1.05 bits per heavy atom. The standard InChI is InChI=1S/C27H30ClF3N4O4/c1-39-19-6-2-5-17(15-19)16-32-24(36)18-10-13-34(14-11-18)25(37)22-9-4-12-35(22)26(38)33-23-20(27(29,30)31)7-3-8-21(23)28/h2-3,5-8,15,18,22H,4,9-14,16H2,1H3,(H,32,36)(H,33,38)/t22-/m0/s1. The zero-order valence-electron chi connectivity index (χ0n) is 21.4. The predicted molar refractivity (Wildman–Crippen MR) is 139 cm³/mol. The third kappa shape index (κ3) is 6.76. The van der Waals surface area contributed by atoms with Crippen LogP contribution in [-0.4, -0.2) is 60.4 Å². The normalized spacial score (nSPS) is 18.1. The highest BCUT2D eigenvalue weighted by atomic mass is 35.5. The number of urea groups is 1. The van der Waals surface area contributed by atoms with Crippen LogP contribution in [0, 0.1) is 5.92 Å². The van der Waals surface area contributed by atoms with Gasteiger partial charge >= 0.3 is 12.2 Å². The van der Waals surface area contributed by atoms with Crippen LogP contribution in [0.4, 0.5) is 23.7 Å². The van der Waals surface area contributed by atoms with Crippen molar-refractivity contribution in [3.8, 4) is 5.75 Å². The summed E-state index contributed by atoms with van der Waals surface area (Å²) in [5, 5.41) is 4.97. The molecule has 2 heterocycles. The van der Waals surface area contributed by atoms with Gasteiger partial charge in [-0.25, -0.2) is 4.79 Å². The van der Waals surface area contributed by atoms with E-state index in [1.807, 2.05) is 24.3 Å². The quantitative estimate of drug-likeness (QED) is 0.519. The van der Waals surface area contributed by atoms with Gasteiger partial charge < -0.3 is 25.2 Å². The molecule has 0 aliphatic carbocycles. The van der Waals surface area contributed by atoms with Gasteiger partial charge in [-0.15, -0.1) is 0 Å². The van der Waals surface area contributed by atoms with Gasteiger partial charge in [0.05, 0.1) is 23.4 Å². The molecule has 2 saturated heterocycles. The molecule has 2 aromatic rings. The Labute approximate surface area is 229 Å². The summed E-state index contributed by atoms with van der Waals surface area (Å²) in [5.41, 5.74) is -0.679. The number of carbonyl (C=O) groups excluding carboxylic acids is 3. The number of rotatable bonds is 6. The van der Waals surface area contributed by atoms with Crippen LogP contribution < -0.4 is 15.4 Å². The van der Waals surface area contributed by atoms with E-state index in [0.717, 1.165) is 17.7 Å². The van der Waals surface area contributed by atoms with E-state index in [1.54, 1.807) is 12.0 Å². The van der Waals surface area contributed by atoms with Gasteiger partial charge in [-0.05, 0) is 55.5 Å². The zero-order valence-corrected chi connectivity index (χ0v) is 22.1. The number of hydrogen-bond acceptors (Lipinski definition) is 4. The number of para-hydroxylation sites is 1. The smallest absolute Gasteiger partial charge is 0.418 e. The van der Waals surface area contributed by atoms with Crippen molar-refractivity contribution in [1.29, 1.82) is 0 Å². The third-order valence-corrected chi connectivity index (χ3v) is 7.44. The number of likely N-dealkylation sites (tertiary alicyclic amines) is 2. The summed E-state index contributed by atoms with van der Waals surface area (Å²) in [4.78, 5) is 41.9. The van der Waals surface area contributed by atoms with E-state index < -0.39 is 29.5 Å². The fourth-order valence-corrected chi connectivity index (χ4v) is 5.24. The van der Waals surface area contributed by atoms with Crippen LogP contribution >= 0.6 is 11.6 Å². The first-order valence-corrected chi connectivity index (χ1v) is 13.1. The Balaban J connectivity index is 1.32. The summed E-state index contributed by atoms with van der Waals surface area (Å²) in [6, 6.07) is 9.07. The lowest BCUT2D eigenvalue weighted by molar-refractivity contribution is -0.138. The van der Waals surface area contributed by atoms with Crippen LogP contribution in [0.5, 0.6) is 5.75 Å². The molecule has 2 fully saturated rings. The molecule has 0 aromatic heterocycles. The average molecular weight is 567 g/mol. The summed E-state index contributed by atoms with van der Waals surface area (Å²) in [7, 11) is 1.58. The number of amides is 4. The highest BCUT2D eigenvalue weighted by Gasteiger charge is 2.40. The van der Waals surface area contributed by atoms with Gasteiger partial charge in [-0.1, -0.05) is 29.8 Å². The van der Waals surface area contributed by atoms with Crippen molar-refractivity contribution in [2.75, 3.05) is 32.1 Å². The molecule has 0 saturated carbocycles. The van der Waals surface area contributed by atoms with E-state index in [2.05, 4.69) is 10.6 Å². The lowest BCUT2D eigenvalue weighted by atomic mass is 9.95. The number of halogens is 4. The van der Waals surface area contributed by atoms with Gasteiger partial charge in [0.2, 0.25) is 11.8 Å². The number of nitrogens with one attached hydrogen (secondary N) is 2. The lowest BCUT2D eigenvalue weighted by Crippen LogP contribution is -2.51. The highest BCUT2D eigenvalue weighted by Crippen LogP contribution is 2.39. The van der Waals surface area contributed by atoms with Crippen molar-refractivity contribution in [3.05, 3.63) is 58.6 Å². The number of nitrogens with zero attached hydrogens (tertiary/aromatic N) is 2. The summed E-state index contributed by atoms with van der Waals surface area (Å²) < 4.78 is 45.5. The van der Waals surface area contributed by atoms with Crippen molar-refractivity contribution in [2.24, 2.45) is 5.92 Å². The minimum atomic E-state index is -4.71. The highest BCUT2D eigenvalue weighted by molar-refractivity contribution is 6.34. The molecule has 0 spiro atoms. The van der Waals surface area contributed by atoms with Crippen LogP contribution in [0.2, 0.25) is 5.02 Å². The van der Waals surface area contributed by atoms with Crippen molar-refractivity contribution >= 4 is 35.1 Å². The predicted octanol–water partition coefficient (Wildman–Crippen LogP) is 4.92. The molecule has 0 bridgehead atoms. The minimum absolute atomic E-state index is 0.0907. The number of carbonyl (C=O) groups is 3. The van der Waals surface area contributed by atoms with Gasteiger partial charge in [0.25, 0.3) is 0 Å². The maximum Gasteiger partial charge on any atom is 0.418 e. The molecular formula is C27H30ClF3N4O4.